The maximum absolute atomic E-state index is 12.5. The third kappa shape index (κ3) is 3.98. The van der Waals surface area contributed by atoms with Gasteiger partial charge in [-0.05, 0) is 37.1 Å². The van der Waals surface area contributed by atoms with Crippen molar-refractivity contribution in [2.75, 3.05) is 11.9 Å². The summed E-state index contributed by atoms with van der Waals surface area (Å²) in [5, 5.41) is 5.40. The smallest absolute Gasteiger partial charge is 0.325 e. The average molecular weight is 383 g/mol. The van der Waals surface area contributed by atoms with Crippen LogP contribution >= 0.6 is 11.8 Å². The van der Waals surface area contributed by atoms with E-state index in [1.807, 2.05) is 0 Å². The van der Waals surface area contributed by atoms with Gasteiger partial charge < -0.3 is 10.6 Å². The Kier molecular flexibility index (Phi) is 5.45. The number of anilines is 1. The number of carbonyl (C=O) groups excluding carboxylic acids is 3. The summed E-state index contributed by atoms with van der Waals surface area (Å²) in [5.41, 5.74) is -0.302. The van der Waals surface area contributed by atoms with Crippen LogP contribution in [0.1, 0.15) is 32.1 Å². The Morgan fingerprint density at radius 1 is 1.23 bits per heavy atom. The van der Waals surface area contributed by atoms with Gasteiger partial charge in [-0.25, -0.2) is 4.79 Å². The van der Waals surface area contributed by atoms with E-state index < -0.39 is 17.3 Å². The number of amides is 4. The van der Waals surface area contributed by atoms with Crippen LogP contribution in [0.5, 0.6) is 0 Å². The lowest BCUT2D eigenvalue weighted by Gasteiger charge is -2.19. The van der Waals surface area contributed by atoms with Crippen LogP contribution in [0, 0.1) is 0 Å². The molecule has 9 heteroatoms. The summed E-state index contributed by atoms with van der Waals surface area (Å²) in [6.07, 6.45) is 3.07. The van der Waals surface area contributed by atoms with Gasteiger partial charge in [-0.3, -0.25) is 14.5 Å². The highest BCUT2D eigenvalue weighted by atomic mass is 32.2. The van der Waals surface area contributed by atoms with Gasteiger partial charge in [0.25, 0.3) is 11.7 Å². The molecule has 0 bridgehead atoms. The van der Waals surface area contributed by atoms with Gasteiger partial charge in [-0.1, -0.05) is 24.6 Å². The number of carbonyl (C=O) groups is 3. The highest BCUT2D eigenvalue weighted by molar-refractivity contribution is 7.99. The quantitative estimate of drug-likeness (QED) is 0.584. The predicted octanol–water partition coefficient (Wildman–Crippen LogP) is 3.19. The highest BCUT2D eigenvalue weighted by Gasteiger charge is 2.52. The maximum Gasteiger partial charge on any atom is 0.325 e. The fourth-order valence-corrected chi connectivity index (χ4v) is 3.85. The first-order valence-electron chi connectivity index (χ1n) is 8.38. The standard InChI is InChI=1S/C17H19F2N3O3S/c18-15(19)26-12-5-3-11(4-6-12)20-13(23)7-10-22-14(24)17(21-16(22)25)8-1-2-9-17/h3-6,15H,1-2,7-10H2,(H,20,23)(H,21,25). The van der Waals surface area contributed by atoms with Gasteiger partial charge in [0, 0.05) is 23.5 Å². The number of nitrogens with one attached hydrogen (secondary N) is 2. The molecule has 0 radical (unpaired) electrons. The van der Waals surface area contributed by atoms with E-state index in [-0.39, 0.29) is 24.8 Å². The molecule has 0 atom stereocenters. The summed E-state index contributed by atoms with van der Waals surface area (Å²) >= 11 is 0.428. The zero-order valence-electron chi connectivity index (χ0n) is 14.0. The van der Waals surface area contributed by atoms with Crippen LogP contribution in [0.3, 0.4) is 0 Å². The summed E-state index contributed by atoms with van der Waals surface area (Å²) in [6.45, 7) is 0.0115. The van der Waals surface area contributed by atoms with Crippen molar-refractivity contribution in [3.05, 3.63) is 24.3 Å². The summed E-state index contributed by atoms with van der Waals surface area (Å²) in [4.78, 5) is 38.1. The number of hydrogen-bond acceptors (Lipinski definition) is 4. The highest BCUT2D eigenvalue weighted by Crippen LogP contribution is 2.35. The fraction of sp³-hybridized carbons (Fsp3) is 0.471. The van der Waals surface area contributed by atoms with Crippen LogP contribution in [-0.4, -0.2) is 40.6 Å². The van der Waals surface area contributed by atoms with Crippen LogP contribution in [0.25, 0.3) is 0 Å². The van der Waals surface area contributed by atoms with Crippen molar-refractivity contribution in [2.24, 2.45) is 0 Å². The molecule has 2 fully saturated rings. The largest absolute Gasteiger partial charge is 0.326 e. The van der Waals surface area contributed by atoms with Crippen molar-refractivity contribution in [3.63, 3.8) is 0 Å². The molecule has 1 saturated carbocycles. The molecule has 1 spiro atoms. The molecule has 1 aromatic rings. The summed E-state index contributed by atoms with van der Waals surface area (Å²) in [6, 6.07) is 5.60. The maximum atomic E-state index is 12.5. The first-order valence-corrected chi connectivity index (χ1v) is 9.26. The lowest BCUT2D eigenvalue weighted by atomic mass is 9.98. The van der Waals surface area contributed by atoms with Gasteiger partial charge in [0.1, 0.15) is 5.54 Å². The van der Waals surface area contributed by atoms with E-state index in [1.165, 1.54) is 24.3 Å². The summed E-state index contributed by atoms with van der Waals surface area (Å²) in [5.74, 6) is -3.10. The van der Waals surface area contributed by atoms with Crippen molar-refractivity contribution in [2.45, 2.75) is 48.3 Å². The van der Waals surface area contributed by atoms with Gasteiger partial charge in [0.15, 0.2) is 0 Å². The Bertz CT molecular complexity index is 706. The summed E-state index contributed by atoms with van der Waals surface area (Å²) < 4.78 is 24.6. The zero-order chi connectivity index (χ0) is 18.7. The van der Waals surface area contributed by atoms with Crippen molar-refractivity contribution in [1.29, 1.82) is 0 Å². The molecule has 1 aliphatic heterocycles. The minimum Gasteiger partial charge on any atom is -0.326 e. The Morgan fingerprint density at radius 2 is 1.88 bits per heavy atom. The monoisotopic (exact) mass is 383 g/mol. The van der Waals surface area contributed by atoms with E-state index in [0.29, 0.717) is 35.2 Å². The van der Waals surface area contributed by atoms with Crippen molar-refractivity contribution < 1.29 is 23.2 Å². The lowest BCUT2D eigenvalue weighted by Crippen LogP contribution is -2.44. The fourth-order valence-electron chi connectivity index (χ4n) is 3.35. The molecule has 140 valence electrons. The molecule has 0 aromatic heterocycles. The molecule has 4 amide bonds. The number of benzene rings is 1. The zero-order valence-corrected chi connectivity index (χ0v) is 14.8. The van der Waals surface area contributed by atoms with Gasteiger partial charge in [-0.15, -0.1) is 0 Å². The van der Waals surface area contributed by atoms with Crippen molar-refractivity contribution >= 4 is 35.3 Å². The van der Waals surface area contributed by atoms with Gasteiger partial charge >= 0.3 is 6.03 Å². The number of alkyl halides is 2. The molecule has 26 heavy (non-hydrogen) atoms. The number of imide groups is 1. The molecule has 3 rings (SSSR count). The first-order chi connectivity index (χ1) is 12.4. The van der Waals surface area contributed by atoms with E-state index in [1.54, 1.807) is 0 Å². The number of rotatable bonds is 6. The molecule has 1 saturated heterocycles. The van der Waals surface area contributed by atoms with Crippen LogP contribution in [0.4, 0.5) is 19.3 Å². The molecule has 1 heterocycles. The van der Waals surface area contributed by atoms with E-state index in [9.17, 15) is 23.2 Å². The third-order valence-corrected chi connectivity index (χ3v) is 5.35. The number of thioether (sulfide) groups is 1. The average Bonchev–Trinajstić information content (AvgIpc) is 3.14. The number of nitrogens with zero attached hydrogens (tertiary/aromatic N) is 1. The Balaban J connectivity index is 1.51. The second-order valence-electron chi connectivity index (χ2n) is 6.38. The summed E-state index contributed by atoms with van der Waals surface area (Å²) in [7, 11) is 0. The van der Waals surface area contributed by atoms with Gasteiger partial charge in [0.2, 0.25) is 5.91 Å². The molecule has 1 aliphatic carbocycles. The van der Waals surface area contributed by atoms with E-state index in [0.717, 1.165) is 17.7 Å². The molecule has 2 aliphatic rings. The van der Waals surface area contributed by atoms with Crippen LogP contribution in [0.2, 0.25) is 0 Å². The van der Waals surface area contributed by atoms with Crippen LogP contribution in [0.15, 0.2) is 29.2 Å². The number of urea groups is 1. The van der Waals surface area contributed by atoms with Crippen molar-refractivity contribution in [1.82, 2.24) is 10.2 Å². The Hall–Kier alpha value is -2.16. The van der Waals surface area contributed by atoms with Gasteiger partial charge in [0.05, 0.1) is 0 Å². The number of hydrogen-bond donors (Lipinski definition) is 2. The van der Waals surface area contributed by atoms with Crippen LogP contribution < -0.4 is 10.6 Å². The predicted molar refractivity (Wildman–Crippen MR) is 93.0 cm³/mol. The molecule has 6 nitrogen and oxygen atoms in total. The Morgan fingerprint density at radius 3 is 2.50 bits per heavy atom. The minimum absolute atomic E-state index is 0.0115. The third-order valence-electron chi connectivity index (χ3n) is 4.63. The van der Waals surface area contributed by atoms with Gasteiger partial charge in [-0.2, -0.15) is 8.78 Å². The first kappa shape index (κ1) is 18.6. The second kappa shape index (κ2) is 7.61. The topological polar surface area (TPSA) is 78.5 Å². The molecular formula is C17H19F2N3O3S. The van der Waals surface area contributed by atoms with E-state index >= 15 is 0 Å². The molecule has 0 unspecified atom stereocenters. The number of halogens is 2. The van der Waals surface area contributed by atoms with Crippen molar-refractivity contribution in [3.8, 4) is 0 Å². The van der Waals surface area contributed by atoms with E-state index in [2.05, 4.69) is 10.6 Å². The Labute approximate surface area is 153 Å². The van der Waals surface area contributed by atoms with Crippen LogP contribution in [-0.2, 0) is 9.59 Å². The molecule has 1 aromatic carbocycles. The lowest BCUT2D eigenvalue weighted by molar-refractivity contribution is -0.131. The van der Waals surface area contributed by atoms with E-state index in [4.69, 9.17) is 0 Å². The molecular weight excluding hydrogens is 364 g/mol. The molecule has 2 N–H and O–H groups in total. The normalized spacial score (nSPS) is 18.7. The minimum atomic E-state index is -2.50. The second-order valence-corrected chi connectivity index (χ2v) is 7.44. The SMILES string of the molecule is O=C(CCN1C(=O)NC2(CCCC2)C1=O)Nc1ccc(SC(F)F)cc1.